The molecule has 2 amide bonds. The van der Waals surface area contributed by atoms with Gasteiger partial charge in [-0.1, -0.05) is 41.6 Å². The van der Waals surface area contributed by atoms with E-state index in [0.717, 1.165) is 10.6 Å². The van der Waals surface area contributed by atoms with Crippen LogP contribution >= 0.6 is 11.3 Å². The normalized spacial score (nSPS) is 14.4. The van der Waals surface area contributed by atoms with Crippen molar-refractivity contribution in [2.45, 2.75) is 30.6 Å². The summed E-state index contributed by atoms with van der Waals surface area (Å²) in [7, 11) is -3.88. The van der Waals surface area contributed by atoms with Crippen LogP contribution in [0.2, 0.25) is 0 Å². The summed E-state index contributed by atoms with van der Waals surface area (Å²) in [5, 5.41) is 14.5. The predicted octanol–water partition coefficient (Wildman–Crippen LogP) is 4.03. The number of carbonyl (C=O) groups is 2. The third-order valence-corrected chi connectivity index (χ3v) is 8.35. The minimum atomic E-state index is -3.88. The lowest BCUT2D eigenvalue weighted by molar-refractivity contribution is 0.0711. The van der Waals surface area contributed by atoms with Gasteiger partial charge in [0, 0.05) is 35.6 Å². The Morgan fingerprint density at radius 1 is 1.11 bits per heavy atom. The van der Waals surface area contributed by atoms with E-state index in [-0.39, 0.29) is 22.4 Å². The van der Waals surface area contributed by atoms with Gasteiger partial charge in [-0.2, -0.15) is 0 Å². The summed E-state index contributed by atoms with van der Waals surface area (Å²) in [5.41, 5.74) is 2.40. The number of nitrogens with zero attached hydrogens (tertiary/aromatic N) is 3. The highest BCUT2D eigenvalue weighted by Crippen LogP contribution is 2.33. The van der Waals surface area contributed by atoms with Gasteiger partial charge in [0.25, 0.3) is 11.8 Å². The van der Waals surface area contributed by atoms with Gasteiger partial charge in [-0.15, -0.1) is 11.3 Å². The van der Waals surface area contributed by atoms with Crippen LogP contribution in [0.3, 0.4) is 0 Å². The lowest BCUT2D eigenvalue weighted by Crippen LogP contribution is -2.38. The Morgan fingerprint density at radius 2 is 1.84 bits per heavy atom. The molecule has 0 unspecified atom stereocenters. The van der Waals surface area contributed by atoms with Crippen molar-refractivity contribution in [2.24, 2.45) is 5.14 Å². The van der Waals surface area contributed by atoms with Crippen molar-refractivity contribution in [3.8, 4) is 11.3 Å². The molecule has 0 atom stereocenters. The molecule has 5 rings (SSSR count). The molecule has 10 nitrogen and oxygen atoms in total. The van der Waals surface area contributed by atoms with E-state index in [0.29, 0.717) is 48.6 Å². The van der Waals surface area contributed by atoms with Crippen molar-refractivity contribution in [1.82, 2.24) is 15.0 Å². The van der Waals surface area contributed by atoms with Crippen LogP contribution in [-0.2, 0) is 10.0 Å². The number of hydrogen-bond acceptors (Lipinski definition) is 8. The molecule has 1 aliphatic heterocycles. The minimum Gasteiger partial charge on any atom is -0.360 e. The molecule has 0 saturated carbocycles. The van der Waals surface area contributed by atoms with Gasteiger partial charge < -0.3 is 14.7 Å². The first-order valence-corrected chi connectivity index (χ1v) is 14.3. The second kappa shape index (κ2) is 10.5. The topological polar surface area (TPSA) is 148 Å². The van der Waals surface area contributed by atoms with E-state index >= 15 is 0 Å². The lowest BCUT2D eigenvalue weighted by atomic mass is 9.96. The zero-order chi connectivity index (χ0) is 26.9. The van der Waals surface area contributed by atoms with Gasteiger partial charge in [0.15, 0.2) is 0 Å². The number of amides is 2. The van der Waals surface area contributed by atoms with Crippen molar-refractivity contribution in [3.05, 3.63) is 82.0 Å². The maximum Gasteiger partial charge on any atom is 0.275 e. The number of aryl methyl sites for hydroxylation is 1. The number of carbonyl (C=O) groups excluding carboxylic acids is 2. The molecule has 12 heteroatoms. The van der Waals surface area contributed by atoms with Crippen LogP contribution in [0.4, 0.5) is 5.69 Å². The summed E-state index contributed by atoms with van der Waals surface area (Å²) in [6.45, 7) is 2.83. The van der Waals surface area contributed by atoms with E-state index < -0.39 is 15.9 Å². The van der Waals surface area contributed by atoms with E-state index in [1.165, 1.54) is 29.5 Å². The molecule has 0 spiro atoms. The molecule has 38 heavy (non-hydrogen) atoms. The Bertz CT molecular complexity index is 1590. The number of thiazole rings is 1. The number of aromatic nitrogens is 2. The Balaban J connectivity index is 1.23. The molecule has 0 bridgehead atoms. The average molecular weight is 552 g/mol. The monoisotopic (exact) mass is 551 g/mol. The lowest BCUT2D eigenvalue weighted by Gasteiger charge is -2.31. The molecule has 1 fully saturated rings. The number of hydrogen-bond donors (Lipinski definition) is 2. The summed E-state index contributed by atoms with van der Waals surface area (Å²) in [6, 6.07) is 15.2. The molecule has 0 aliphatic carbocycles. The number of piperidine rings is 1. The molecule has 1 saturated heterocycles. The molecule has 0 radical (unpaired) electrons. The van der Waals surface area contributed by atoms with Crippen LogP contribution in [0.25, 0.3) is 11.3 Å². The first-order chi connectivity index (χ1) is 18.2. The number of nitrogens with one attached hydrogen (secondary N) is 1. The highest BCUT2D eigenvalue weighted by Gasteiger charge is 2.31. The minimum absolute atomic E-state index is 0.0899. The number of likely N-dealkylation sites (tertiary alicyclic amines) is 1. The summed E-state index contributed by atoms with van der Waals surface area (Å²) in [5.74, 6) is 0.0552. The first kappa shape index (κ1) is 25.8. The molecule has 4 aromatic rings. The van der Waals surface area contributed by atoms with Gasteiger partial charge in [0.1, 0.15) is 22.7 Å². The number of benzene rings is 2. The second-order valence-corrected chi connectivity index (χ2v) is 11.4. The third kappa shape index (κ3) is 5.37. The largest absolute Gasteiger partial charge is 0.360 e. The van der Waals surface area contributed by atoms with Gasteiger partial charge in [0.05, 0.1) is 9.90 Å². The summed E-state index contributed by atoms with van der Waals surface area (Å²) in [6.07, 6.45) is 1.42. The highest BCUT2D eigenvalue weighted by molar-refractivity contribution is 7.89. The fraction of sp³-hybridized carbons (Fsp3) is 0.231. The summed E-state index contributed by atoms with van der Waals surface area (Å²) >= 11 is 1.40. The average Bonchev–Trinajstić information content (AvgIpc) is 3.56. The van der Waals surface area contributed by atoms with Crippen molar-refractivity contribution in [2.75, 3.05) is 18.4 Å². The molecule has 3 N–H and O–H groups in total. The molecule has 196 valence electrons. The highest BCUT2D eigenvalue weighted by atomic mass is 32.2. The Hall–Kier alpha value is -3.87. The zero-order valence-electron chi connectivity index (χ0n) is 20.5. The Kier molecular flexibility index (Phi) is 7.11. The van der Waals surface area contributed by atoms with Crippen molar-refractivity contribution in [1.29, 1.82) is 0 Å². The predicted molar refractivity (Wildman–Crippen MR) is 142 cm³/mol. The summed E-state index contributed by atoms with van der Waals surface area (Å²) < 4.78 is 28.5. The molecular weight excluding hydrogens is 526 g/mol. The van der Waals surface area contributed by atoms with E-state index in [4.69, 9.17) is 9.66 Å². The summed E-state index contributed by atoms with van der Waals surface area (Å²) in [4.78, 5) is 32.3. The molecule has 2 aromatic heterocycles. The maximum atomic E-state index is 13.4. The number of rotatable bonds is 6. The number of nitrogens with two attached hydrogens (primary N) is 1. The van der Waals surface area contributed by atoms with Gasteiger partial charge in [-0.05, 0) is 38.0 Å². The van der Waals surface area contributed by atoms with Crippen molar-refractivity contribution in [3.63, 3.8) is 0 Å². The Morgan fingerprint density at radius 3 is 2.55 bits per heavy atom. The molecule has 3 heterocycles. The molecule has 1 aliphatic rings. The van der Waals surface area contributed by atoms with E-state index in [9.17, 15) is 18.0 Å². The maximum absolute atomic E-state index is 13.4. The first-order valence-electron chi connectivity index (χ1n) is 11.9. The quantitative estimate of drug-likeness (QED) is 0.367. The van der Waals surface area contributed by atoms with Crippen molar-refractivity contribution >= 4 is 38.9 Å². The van der Waals surface area contributed by atoms with E-state index in [2.05, 4.69) is 15.5 Å². The van der Waals surface area contributed by atoms with E-state index in [1.54, 1.807) is 18.4 Å². The van der Waals surface area contributed by atoms with Crippen LogP contribution in [0.5, 0.6) is 0 Å². The van der Waals surface area contributed by atoms with Crippen LogP contribution < -0.4 is 10.5 Å². The van der Waals surface area contributed by atoms with Gasteiger partial charge in [-0.3, -0.25) is 9.59 Å². The van der Waals surface area contributed by atoms with Gasteiger partial charge >= 0.3 is 0 Å². The number of primary sulfonamides is 1. The molecule has 2 aromatic carbocycles. The number of sulfonamides is 1. The van der Waals surface area contributed by atoms with Crippen LogP contribution in [0, 0.1) is 6.92 Å². The second-order valence-electron chi connectivity index (χ2n) is 8.99. The standard InChI is InChI=1S/C26H25N5O5S2/c1-16-22(23(30-36-16)17-6-3-2-4-7-17)26(33)31-12-10-18(11-13-31)25-29-21(15-37-25)24(32)28-19-8-5-9-20(14-19)38(27,34)35/h2-9,14-15,18H,10-13H2,1H3,(H,28,32)(H2,27,34,35). The van der Waals surface area contributed by atoms with E-state index in [1.807, 2.05) is 35.2 Å². The smallest absolute Gasteiger partial charge is 0.275 e. The fourth-order valence-electron chi connectivity index (χ4n) is 4.43. The molecular formula is C26H25N5O5S2. The Labute approximate surface area is 223 Å². The third-order valence-electron chi connectivity index (χ3n) is 6.43. The fourth-order valence-corrected chi connectivity index (χ4v) is 5.96. The van der Waals surface area contributed by atoms with Crippen LogP contribution in [0.1, 0.15) is 50.4 Å². The zero-order valence-corrected chi connectivity index (χ0v) is 22.1. The van der Waals surface area contributed by atoms with Gasteiger partial charge in [-0.25, -0.2) is 18.5 Å². The SMILES string of the molecule is Cc1onc(-c2ccccc2)c1C(=O)N1CCC(c2nc(C(=O)Nc3cccc(S(N)(=O)=O)c3)cs2)CC1. The van der Waals surface area contributed by atoms with Crippen LogP contribution in [-0.4, -0.2) is 48.4 Å². The van der Waals surface area contributed by atoms with Gasteiger partial charge in [0.2, 0.25) is 10.0 Å². The number of anilines is 1. The van der Waals surface area contributed by atoms with Crippen molar-refractivity contribution < 1.29 is 22.5 Å². The van der Waals surface area contributed by atoms with Crippen LogP contribution in [0.15, 0.2) is 69.4 Å².